The van der Waals surface area contributed by atoms with E-state index in [4.69, 9.17) is 14.2 Å². The predicted octanol–water partition coefficient (Wildman–Crippen LogP) is 3.94. The van der Waals surface area contributed by atoms with Crippen LogP contribution in [-0.2, 0) is 9.53 Å². The molecule has 6 heteroatoms. The van der Waals surface area contributed by atoms with E-state index in [0.717, 1.165) is 35.7 Å². The van der Waals surface area contributed by atoms with E-state index in [9.17, 15) is 4.79 Å². The molecule has 146 valence electrons. The number of hydrogen-bond acceptors (Lipinski definition) is 5. The molecule has 0 aliphatic carbocycles. The molecule has 0 aliphatic heterocycles. The number of unbranched alkanes of at least 4 members (excludes halogenated alkanes) is 1. The number of hydrogen-bond donors (Lipinski definition) is 2. The summed E-state index contributed by atoms with van der Waals surface area (Å²) in [5.74, 6) is 1.46. The molecule has 6 nitrogen and oxygen atoms in total. The highest BCUT2D eigenvalue weighted by Gasteiger charge is 2.03. The van der Waals surface area contributed by atoms with Crippen molar-refractivity contribution >= 4 is 17.3 Å². The quantitative estimate of drug-likeness (QED) is 0.552. The summed E-state index contributed by atoms with van der Waals surface area (Å²) in [7, 11) is 1.64. The molecule has 2 aromatic carbocycles. The van der Waals surface area contributed by atoms with Crippen molar-refractivity contribution in [3.63, 3.8) is 0 Å². The maximum atomic E-state index is 12.1. The highest BCUT2D eigenvalue weighted by Crippen LogP contribution is 2.17. The summed E-state index contributed by atoms with van der Waals surface area (Å²) in [6.45, 7) is 4.07. The number of nitrogens with one attached hydrogen (secondary N) is 2. The molecule has 0 atom stereocenters. The van der Waals surface area contributed by atoms with Crippen molar-refractivity contribution < 1.29 is 19.0 Å². The van der Waals surface area contributed by atoms with E-state index in [0.29, 0.717) is 19.8 Å². The second kappa shape index (κ2) is 11.8. The lowest BCUT2D eigenvalue weighted by atomic mass is 10.3. The van der Waals surface area contributed by atoms with Crippen LogP contribution in [0.1, 0.15) is 19.8 Å². The topological polar surface area (TPSA) is 68.8 Å². The summed E-state index contributed by atoms with van der Waals surface area (Å²) >= 11 is 0. The lowest BCUT2D eigenvalue weighted by Gasteiger charge is -2.10. The normalized spacial score (nSPS) is 10.3. The molecule has 0 fully saturated rings. The Bertz CT molecular complexity index is 672. The van der Waals surface area contributed by atoms with Gasteiger partial charge < -0.3 is 24.8 Å². The predicted molar refractivity (Wildman–Crippen MR) is 108 cm³/mol. The number of rotatable bonds is 12. The number of ether oxygens (including phenoxy) is 3. The number of carbonyl (C=O) groups is 1. The van der Waals surface area contributed by atoms with E-state index in [1.165, 1.54) is 0 Å². The lowest BCUT2D eigenvalue weighted by molar-refractivity contribution is -0.114. The van der Waals surface area contributed by atoms with Crippen molar-refractivity contribution in [3.05, 3.63) is 48.5 Å². The van der Waals surface area contributed by atoms with Gasteiger partial charge in [0.05, 0.1) is 19.8 Å². The van der Waals surface area contributed by atoms with Crippen LogP contribution in [0.3, 0.4) is 0 Å². The van der Waals surface area contributed by atoms with E-state index >= 15 is 0 Å². The first-order valence-corrected chi connectivity index (χ1v) is 9.19. The molecule has 2 aromatic rings. The minimum absolute atomic E-state index is 0.116. The Balaban J connectivity index is 1.72. The van der Waals surface area contributed by atoms with E-state index in [1.807, 2.05) is 48.5 Å². The van der Waals surface area contributed by atoms with Gasteiger partial charge in [-0.15, -0.1) is 0 Å². The summed E-state index contributed by atoms with van der Waals surface area (Å²) < 4.78 is 16.1. The summed E-state index contributed by atoms with van der Waals surface area (Å²) in [6.07, 6.45) is 2.13. The summed E-state index contributed by atoms with van der Waals surface area (Å²) in [5, 5.41) is 5.94. The maximum Gasteiger partial charge on any atom is 0.243 e. The zero-order valence-corrected chi connectivity index (χ0v) is 16.0. The summed E-state index contributed by atoms with van der Waals surface area (Å²) in [4.78, 5) is 12.1. The van der Waals surface area contributed by atoms with E-state index in [-0.39, 0.29) is 12.5 Å². The van der Waals surface area contributed by atoms with E-state index in [2.05, 4.69) is 17.6 Å². The number of methoxy groups -OCH3 is 1. The molecule has 0 saturated heterocycles. The largest absolute Gasteiger partial charge is 0.494 e. The van der Waals surface area contributed by atoms with E-state index < -0.39 is 0 Å². The fourth-order valence-corrected chi connectivity index (χ4v) is 2.27. The molecule has 0 aliphatic rings. The Kier molecular flexibility index (Phi) is 9.00. The van der Waals surface area contributed by atoms with Crippen LogP contribution < -0.4 is 20.1 Å². The highest BCUT2D eigenvalue weighted by atomic mass is 16.5. The Morgan fingerprint density at radius 2 is 1.44 bits per heavy atom. The fraction of sp³-hybridized carbons (Fsp3) is 0.381. The van der Waals surface area contributed by atoms with Gasteiger partial charge >= 0.3 is 0 Å². The van der Waals surface area contributed by atoms with Crippen molar-refractivity contribution in [1.82, 2.24) is 0 Å². The first-order chi connectivity index (χ1) is 13.2. The third-order valence-electron chi connectivity index (χ3n) is 3.77. The Labute approximate surface area is 160 Å². The number of anilines is 2. The molecule has 2 rings (SSSR count). The van der Waals surface area contributed by atoms with Crippen molar-refractivity contribution in [2.75, 3.05) is 44.1 Å². The van der Waals surface area contributed by atoms with Gasteiger partial charge in [0.15, 0.2) is 0 Å². The molecule has 0 spiro atoms. The molecule has 2 N–H and O–H groups in total. The van der Waals surface area contributed by atoms with Crippen LogP contribution in [0.4, 0.5) is 11.4 Å². The highest BCUT2D eigenvalue weighted by molar-refractivity contribution is 5.93. The molecule has 27 heavy (non-hydrogen) atoms. The van der Waals surface area contributed by atoms with Gasteiger partial charge in [-0.25, -0.2) is 0 Å². The Morgan fingerprint density at radius 3 is 2.04 bits per heavy atom. The molecule has 0 heterocycles. The number of carbonyl (C=O) groups excluding carboxylic acids is 1. The molecular weight excluding hydrogens is 344 g/mol. The molecule has 0 unspecified atom stereocenters. The van der Waals surface area contributed by atoms with Crippen molar-refractivity contribution in [2.24, 2.45) is 0 Å². The summed E-state index contributed by atoms with van der Waals surface area (Å²) in [6, 6.07) is 14.9. The van der Waals surface area contributed by atoms with Crippen molar-refractivity contribution in [3.8, 4) is 11.5 Å². The van der Waals surface area contributed by atoms with Crippen LogP contribution in [-0.4, -0.2) is 39.4 Å². The van der Waals surface area contributed by atoms with Crippen LogP contribution in [0.15, 0.2) is 48.5 Å². The third kappa shape index (κ3) is 8.00. The first kappa shape index (κ1) is 20.6. The molecular formula is C21H28N2O4. The zero-order chi connectivity index (χ0) is 19.3. The monoisotopic (exact) mass is 372 g/mol. The van der Waals surface area contributed by atoms with Gasteiger partial charge in [0, 0.05) is 18.5 Å². The minimum Gasteiger partial charge on any atom is -0.494 e. The van der Waals surface area contributed by atoms with Gasteiger partial charge in [-0.2, -0.15) is 0 Å². The van der Waals surface area contributed by atoms with Crippen LogP contribution in [0, 0.1) is 0 Å². The Hall–Kier alpha value is -2.73. The van der Waals surface area contributed by atoms with E-state index in [1.54, 1.807) is 7.11 Å². The second-order valence-corrected chi connectivity index (χ2v) is 5.99. The smallest absolute Gasteiger partial charge is 0.243 e. The molecule has 0 aromatic heterocycles. The maximum absolute atomic E-state index is 12.1. The van der Waals surface area contributed by atoms with Crippen molar-refractivity contribution in [2.45, 2.75) is 19.8 Å². The Morgan fingerprint density at radius 1 is 0.852 bits per heavy atom. The van der Waals surface area contributed by atoms with Crippen LogP contribution in [0.2, 0.25) is 0 Å². The SMILES string of the molecule is CCCCOc1ccc(NC(=O)CNc2ccc(OCCOC)cc2)cc1. The van der Waals surface area contributed by atoms with Crippen LogP contribution in [0.25, 0.3) is 0 Å². The number of benzene rings is 2. The average Bonchev–Trinajstić information content (AvgIpc) is 2.69. The average molecular weight is 372 g/mol. The molecule has 0 radical (unpaired) electrons. The van der Waals surface area contributed by atoms with Crippen LogP contribution >= 0.6 is 0 Å². The standard InChI is InChI=1S/C21H28N2O4/c1-3-4-13-26-19-11-7-18(8-12-19)23-21(24)16-22-17-5-9-20(10-6-17)27-15-14-25-2/h5-12,22H,3-4,13-16H2,1-2H3,(H,23,24). The summed E-state index contributed by atoms with van der Waals surface area (Å²) in [5.41, 5.74) is 1.59. The lowest BCUT2D eigenvalue weighted by Crippen LogP contribution is -2.21. The zero-order valence-electron chi connectivity index (χ0n) is 16.0. The van der Waals surface area contributed by atoms with Crippen molar-refractivity contribution in [1.29, 1.82) is 0 Å². The van der Waals surface area contributed by atoms with Gasteiger partial charge in [-0.05, 0) is 55.0 Å². The van der Waals surface area contributed by atoms with Gasteiger partial charge in [0.25, 0.3) is 0 Å². The first-order valence-electron chi connectivity index (χ1n) is 9.19. The molecule has 1 amide bonds. The third-order valence-corrected chi connectivity index (χ3v) is 3.77. The second-order valence-electron chi connectivity index (χ2n) is 5.99. The fourth-order valence-electron chi connectivity index (χ4n) is 2.27. The van der Waals surface area contributed by atoms with Gasteiger partial charge in [-0.3, -0.25) is 4.79 Å². The van der Waals surface area contributed by atoms with Gasteiger partial charge in [-0.1, -0.05) is 13.3 Å². The molecule has 0 saturated carbocycles. The van der Waals surface area contributed by atoms with Gasteiger partial charge in [0.2, 0.25) is 5.91 Å². The minimum atomic E-state index is -0.116. The van der Waals surface area contributed by atoms with Gasteiger partial charge in [0.1, 0.15) is 18.1 Å². The molecule has 0 bridgehead atoms. The van der Waals surface area contributed by atoms with Crippen LogP contribution in [0.5, 0.6) is 11.5 Å². The number of amides is 1.